The van der Waals surface area contributed by atoms with Crippen molar-refractivity contribution >= 4 is 17.4 Å². The van der Waals surface area contributed by atoms with E-state index in [1.165, 1.54) is 0 Å². The third-order valence-electron chi connectivity index (χ3n) is 5.99. The third kappa shape index (κ3) is 5.50. The molecule has 1 fully saturated rings. The number of likely N-dealkylation sites (tertiary alicyclic amines) is 1. The first kappa shape index (κ1) is 25.5. The summed E-state index contributed by atoms with van der Waals surface area (Å²) in [7, 11) is 1.56. The highest BCUT2D eigenvalue weighted by Crippen LogP contribution is 2.40. The van der Waals surface area contributed by atoms with Crippen molar-refractivity contribution in [1.29, 1.82) is 0 Å². The van der Waals surface area contributed by atoms with Crippen LogP contribution in [0.4, 0.5) is 0 Å². The van der Waals surface area contributed by atoms with E-state index in [0.29, 0.717) is 30.9 Å². The average Bonchev–Trinajstić information content (AvgIpc) is 3.05. The summed E-state index contributed by atoms with van der Waals surface area (Å²) in [6.45, 7) is 11.1. The summed E-state index contributed by atoms with van der Waals surface area (Å²) in [5.74, 6) is -0.837. The fourth-order valence-corrected chi connectivity index (χ4v) is 4.08. The first-order valence-corrected chi connectivity index (χ1v) is 11.7. The molecule has 0 aromatic heterocycles. The molecule has 0 saturated carbocycles. The fraction of sp³-hybridized carbons (Fsp3) is 0.429. The third-order valence-corrected chi connectivity index (χ3v) is 5.99. The lowest BCUT2D eigenvalue weighted by Crippen LogP contribution is -2.31. The van der Waals surface area contributed by atoms with E-state index >= 15 is 0 Å². The molecule has 0 spiro atoms. The molecule has 1 unspecified atom stereocenters. The molecular formula is C28H35NO5. The van der Waals surface area contributed by atoms with Gasteiger partial charge in [0.25, 0.3) is 11.7 Å². The molecule has 1 N–H and O–H groups in total. The number of aliphatic hydroxyl groups excluding tert-OH is 1. The first-order valence-electron chi connectivity index (χ1n) is 11.7. The van der Waals surface area contributed by atoms with Crippen LogP contribution in [-0.4, -0.2) is 48.1 Å². The summed E-state index contributed by atoms with van der Waals surface area (Å²) in [6, 6.07) is 14.0. The second-order valence-corrected chi connectivity index (χ2v) is 9.87. The Labute approximate surface area is 202 Å². The molecule has 6 heteroatoms. The van der Waals surface area contributed by atoms with Crippen LogP contribution in [0, 0.1) is 0 Å². The molecule has 2 aromatic rings. The van der Waals surface area contributed by atoms with Gasteiger partial charge in [-0.2, -0.15) is 0 Å². The van der Waals surface area contributed by atoms with Crippen LogP contribution in [-0.2, 0) is 19.7 Å². The van der Waals surface area contributed by atoms with Gasteiger partial charge in [0, 0.05) is 18.7 Å². The van der Waals surface area contributed by atoms with E-state index in [4.69, 9.17) is 9.47 Å². The van der Waals surface area contributed by atoms with E-state index in [1.54, 1.807) is 36.3 Å². The quantitative estimate of drug-likeness (QED) is 0.250. The number of Topliss-reactive ketones (excluding diaryl/α,β-unsaturated/α-hetero) is 1. The van der Waals surface area contributed by atoms with Crippen molar-refractivity contribution in [1.82, 2.24) is 4.90 Å². The van der Waals surface area contributed by atoms with Crippen molar-refractivity contribution < 1.29 is 24.2 Å². The normalized spacial score (nSPS) is 18.1. The Balaban J connectivity index is 2.04. The number of methoxy groups -OCH3 is 1. The van der Waals surface area contributed by atoms with Crippen LogP contribution >= 0.6 is 0 Å². The summed E-state index contributed by atoms with van der Waals surface area (Å²) in [5, 5.41) is 11.2. The molecule has 0 radical (unpaired) electrons. The Bertz CT molecular complexity index is 1050. The van der Waals surface area contributed by atoms with Gasteiger partial charge in [-0.3, -0.25) is 9.59 Å². The number of carbonyl (C=O) groups excluding carboxylic acids is 2. The van der Waals surface area contributed by atoms with Crippen LogP contribution in [0.15, 0.2) is 54.1 Å². The van der Waals surface area contributed by atoms with Gasteiger partial charge < -0.3 is 19.5 Å². The van der Waals surface area contributed by atoms with Crippen molar-refractivity contribution in [3.8, 4) is 5.75 Å². The number of carbonyl (C=O) groups is 2. The van der Waals surface area contributed by atoms with Gasteiger partial charge >= 0.3 is 0 Å². The van der Waals surface area contributed by atoms with Gasteiger partial charge in [-0.05, 0) is 61.1 Å². The molecule has 1 heterocycles. The van der Waals surface area contributed by atoms with Gasteiger partial charge in [-0.25, -0.2) is 0 Å². The summed E-state index contributed by atoms with van der Waals surface area (Å²) < 4.78 is 10.8. The molecule has 0 aliphatic carbocycles. The van der Waals surface area contributed by atoms with Crippen LogP contribution in [0.2, 0.25) is 0 Å². The van der Waals surface area contributed by atoms with E-state index in [1.807, 2.05) is 38.1 Å². The highest BCUT2D eigenvalue weighted by atomic mass is 16.5. The Morgan fingerprint density at radius 2 is 1.65 bits per heavy atom. The van der Waals surface area contributed by atoms with E-state index in [0.717, 1.165) is 11.1 Å². The minimum absolute atomic E-state index is 0.0301. The molecule has 2 aromatic carbocycles. The lowest BCUT2D eigenvalue weighted by atomic mass is 9.85. The monoisotopic (exact) mass is 465 g/mol. The number of rotatable bonds is 8. The lowest BCUT2D eigenvalue weighted by Gasteiger charge is -2.26. The van der Waals surface area contributed by atoms with Crippen LogP contribution in [0.1, 0.15) is 63.8 Å². The minimum atomic E-state index is -0.678. The number of ketones is 1. The molecule has 1 saturated heterocycles. The molecule has 1 aliphatic heterocycles. The van der Waals surface area contributed by atoms with Crippen molar-refractivity contribution in [3.63, 3.8) is 0 Å². The standard InChI is InChI=1S/C28H35NO5/c1-18(2)34-17-7-16-29-24(19-8-12-21(13-9-19)28(3,4)5)23(26(31)27(29)32)25(30)20-10-14-22(33-6)15-11-20/h8-15,18,24,30H,7,16-17H2,1-6H3/b25-23-. The van der Waals surface area contributed by atoms with Gasteiger partial charge in [0.1, 0.15) is 11.5 Å². The predicted molar refractivity (Wildman–Crippen MR) is 133 cm³/mol. The number of nitrogens with zero attached hydrogens (tertiary/aromatic N) is 1. The van der Waals surface area contributed by atoms with Crippen molar-refractivity contribution in [2.45, 2.75) is 58.6 Å². The Hall–Kier alpha value is -3.12. The maximum Gasteiger partial charge on any atom is 0.295 e. The second-order valence-electron chi connectivity index (χ2n) is 9.87. The van der Waals surface area contributed by atoms with E-state index in [9.17, 15) is 14.7 Å². The number of ether oxygens (including phenoxy) is 2. The fourth-order valence-electron chi connectivity index (χ4n) is 4.08. The smallest absolute Gasteiger partial charge is 0.295 e. The number of hydrogen-bond acceptors (Lipinski definition) is 5. The SMILES string of the molecule is COc1ccc(/C(O)=C2/C(=O)C(=O)N(CCCOC(C)C)C2c2ccc(C(C)(C)C)cc2)cc1. The van der Waals surface area contributed by atoms with Crippen molar-refractivity contribution in [2.75, 3.05) is 20.3 Å². The van der Waals surface area contributed by atoms with Crippen molar-refractivity contribution in [2.24, 2.45) is 0 Å². The zero-order valence-electron chi connectivity index (χ0n) is 20.9. The maximum absolute atomic E-state index is 13.1. The first-order chi connectivity index (χ1) is 16.0. The Morgan fingerprint density at radius 3 is 2.18 bits per heavy atom. The molecule has 1 atom stereocenters. The molecule has 34 heavy (non-hydrogen) atoms. The van der Waals surface area contributed by atoms with Crippen LogP contribution in [0.25, 0.3) is 5.76 Å². The number of aliphatic hydroxyl groups is 1. The second kappa shape index (κ2) is 10.4. The summed E-state index contributed by atoms with van der Waals surface area (Å²) >= 11 is 0. The van der Waals surface area contributed by atoms with Crippen LogP contribution < -0.4 is 4.74 Å². The molecular weight excluding hydrogens is 430 g/mol. The number of benzene rings is 2. The zero-order valence-corrected chi connectivity index (χ0v) is 20.9. The predicted octanol–water partition coefficient (Wildman–Crippen LogP) is 5.23. The van der Waals surface area contributed by atoms with E-state index in [2.05, 4.69) is 20.8 Å². The van der Waals surface area contributed by atoms with Gasteiger partial charge in [0.2, 0.25) is 0 Å². The van der Waals surface area contributed by atoms with E-state index in [-0.39, 0.29) is 22.9 Å². The highest BCUT2D eigenvalue weighted by Gasteiger charge is 2.45. The van der Waals surface area contributed by atoms with E-state index < -0.39 is 17.7 Å². The molecule has 6 nitrogen and oxygen atoms in total. The minimum Gasteiger partial charge on any atom is -0.507 e. The van der Waals surface area contributed by atoms with Gasteiger partial charge in [0.05, 0.1) is 24.8 Å². The summed E-state index contributed by atoms with van der Waals surface area (Å²) in [5.41, 5.74) is 2.46. The van der Waals surface area contributed by atoms with Gasteiger partial charge in [0.15, 0.2) is 0 Å². The van der Waals surface area contributed by atoms with Gasteiger partial charge in [-0.15, -0.1) is 0 Å². The van der Waals surface area contributed by atoms with Gasteiger partial charge in [-0.1, -0.05) is 45.0 Å². The van der Waals surface area contributed by atoms with Crippen LogP contribution in [0.5, 0.6) is 5.75 Å². The maximum atomic E-state index is 13.1. The highest BCUT2D eigenvalue weighted by molar-refractivity contribution is 6.46. The topological polar surface area (TPSA) is 76.1 Å². The largest absolute Gasteiger partial charge is 0.507 e. The van der Waals surface area contributed by atoms with Crippen molar-refractivity contribution in [3.05, 3.63) is 70.8 Å². The van der Waals surface area contributed by atoms with Crippen LogP contribution in [0.3, 0.4) is 0 Å². The molecule has 3 rings (SSSR count). The molecule has 1 aliphatic rings. The number of amides is 1. The summed E-state index contributed by atoms with van der Waals surface area (Å²) in [6.07, 6.45) is 0.677. The molecule has 0 bridgehead atoms. The average molecular weight is 466 g/mol. The lowest BCUT2D eigenvalue weighted by molar-refractivity contribution is -0.140. The Morgan fingerprint density at radius 1 is 1.03 bits per heavy atom. The molecule has 1 amide bonds. The zero-order chi connectivity index (χ0) is 25.0. The molecule has 182 valence electrons. The number of hydrogen-bond donors (Lipinski definition) is 1. The summed E-state index contributed by atoms with van der Waals surface area (Å²) in [4.78, 5) is 27.7. The Kier molecular flexibility index (Phi) is 7.82.